The highest BCUT2D eigenvalue weighted by Crippen LogP contribution is 2.19. The number of rotatable bonds is 3. The van der Waals surface area contributed by atoms with Crippen LogP contribution in [-0.2, 0) is 11.3 Å². The summed E-state index contributed by atoms with van der Waals surface area (Å²) in [6, 6.07) is 0. The third kappa shape index (κ3) is 4.68. The average molecular weight is 278 g/mol. The van der Waals surface area contributed by atoms with Crippen LogP contribution in [0.25, 0.3) is 0 Å². The molecule has 0 aliphatic rings. The van der Waals surface area contributed by atoms with Crippen LogP contribution in [0.5, 0.6) is 0 Å². The molecule has 0 aliphatic heterocycles. The summed E-state index contributed by atoms with van der Waals surface area (Å²) in [5, 5.41) is 9.00. The number of alkyl halides is 3. The summed E-state index contributed by atoms with van der Waals surface area (Å²) in [6.45, 7) is 4.95. The summed E-state index contributed by atoms with van der Waals surface area (Å²) in [5.41, 5.74) is -1.31. The Labute approximate surface area is 107 Å². The zero-order chi connectivity index (χ0) is 14.8. The normalized spacial score (nSPS) is 12.3. The molecule has 0 aromatic carbocycles. The Hall–Kier alpha value is -1.93. The van der Waals surface area contributed by atoms with Gasteiger partial charge in [0.25, 0.3) is 5.78 Å². The molecule has 0 fully saturated rings. The summed E-state index contributed by atoms with van der Waals surface area (Å²) >= 11 is 0. The van der Waals surface area contributed by atoms with Gasteiger partial charge < -0.3 is 5.32 Å². The van der Waals surface area contributed by atoms with Crippen molar-refractivity contribution in [3.63, 3.8) is 0 Å². The van der Waals surface area contributed by atoms with Gasteiger partial charge in [-0.2, -0.15) is 13.2 Å². The lowest BCUT2D eigenvalue weighted by molar-refractivity contribution is -0.123. The number of hydrogen-bond acceptors (Lipinski definition) is 4. The molecule has 19 heavy (non-hydrogen) atoms. The van der Waals surface area contributed by atoms with Gasteiger partial charge in [0.05, 0.1) is 6.20 Å². The van der Waals surface area contributed by atoms with Crippen molar-refractivity contribution in [3.05, 3.63) is 11.9 Å². The van der Waals surface area contributed by atoms with Gasteiger partial charge in [0.15, 0.2) is 5.69 Å². The van der Waals surface area contributed by atoms with E-state index in [2.05, 4.69) is 15.6 Å². The van der Waals surface area contributed by atoms with Crippen molar-refractivity contribution in [2.75, 3.05) is 0 Å². The molecule has 0 unspecified atom stereocenters. The molecule has 0 aliphatic carbocycles. The topological polar surface area (TPSA) is 76.9 Å². The Morgan fingerprint density at radius 1 is 1.32 bits per heavy atom. The standard InChI is InChI=1S/C10H13F3N4O2/c1-9(2,3)14-7(18)5-17-4-6(15-16-17)8(19)10(11,12)13/h4H,5H2,1-3H3,(H,14,18). The fourth-order valence-electron chi connectivity index (χ4n) is 1.23. The van der Waals surface area contributed by atoms with E-state index in [0.29, 0.717) is 0 Å². The van der Waals surface area contributed by atoms with Crippen LogP contribution in [0.2, 0.25) is 0 Å². The van der Waals surface area contributed by atoms with Gasteiger partial charge in [-0.1, -0.05) is 5.21 Å². The van der Waals surface area contributed by atoms with Crippen molar-refractivity contribution in [1.29, 1.82) is 0 Å². The first-order valence-electron chi connectivity index (χ1n) is 5.32. The van der Waals surface area contributed by atoms with Crippen LogP contribution in [0, 0.1) is 0 Å². The fourth-order valence-corrected chi connectivity index (χ4v) is 1.23. The van der Waals surface area contributed by atoms with Crippen LogP contribution in [-0.4, -0.2) is 38.4 Å². The number of nitrogens with zero attached hydrogens (tertiary/aromatic N) is 3. The molecule has 0 atom stereocenters. The van der Waals surface area contributed by atoms with Crippen molar-refractivity contribution >= 4 is 11.7 Å². The summed E-state index contributed by atoms with van der Waals surface area (Å²) in [4.78, 5) is 22.3. The first-order chi connectivity index (χ1) is 8.49. The Morgan fingerprint density at radius 3 is 2.37 bits per heavy atom. The lowest BCUT2D eigenvalue weighted by Gasteiger charge is -2.20. The van der Waals surface area contributed by atoms with Crippen LogP contribution in [0.1, 0.15) is 31.3 Å². The van der Waals surface area contributed by atoms with E-state index in [0.717, 1.165) is 10.9 Å². The molecule has 9 heteroatoms. The van der Waals surface area contributed by atoms with Crippen molar-refractivity contribution in [3.8, 4) is 0 Å². The zero-order valence-corrected chi connectivity index (χ0v) is 10.6. The second-order valence-electron chi connectivity index (χ2n) is 4.93. The van der Waals surface area contributed by atoms with Gasteiger partial charge in [-0.25, -0.2) is 4.68 Å². The zero-order valence-electron chi connectivity index (χ0n) is 10.6. The summed E-state index contributed by atoms with van der Waals surface area (Å²) in [6.07, 6.45) is -4.22. The van der Waals surface area contributed by atoms with Crippen molar-refractivity contribution in [1.82, 2.24) is 20.3 Å². The SMILES string of the molecule is CC(C)(C)NC(=O)Cn1cc(C(=O)C(F)(F)F)nn1. The number of Topliss-reactive ketones (excluding diaryl/α,β-unsaturated/α-hetero) is 1. The molecule has 0 bridgehead atoms. The third-order valence-corrected chi connectivity index (χ3v) is 1.85. The van der Waals surface area contributed by atoms with Gasteiger partial charge in [0, 0.05) is 5.54 Å². The molecule has 0 saturated heterocycles. The minimum Gasteiger partial charge on any atom is -0.350 e. The predicted molar refractivity (Wildman–Crippen MR) is 58.3 cm³/mol. The van der Waals surface area contributed by atoms with Crippen molar-refractivity contribution in [2.24, 2.45) is 0 Å². The monoisotopic (exact) mass is 278 g/mol. The van der Waals surface area contributed by atoms with Crippen LogP contribution in [0.15, 0.2) is 6.20 Å². The Balaban J connectivity index is 2.71. The summed E-state index contributed by atoms with van der Waals surface area (Å²) < 4.78 is 37.2. The number of carbonyl (C=O) groups is 2. The number of aromatic nitrogens is 3. The number of amides is 1. The molecular weight excluding hydrogens is 265 g/mol. The second kappa shape index (κ2) is 4.98. The van der Waals surface area contributed by atoms with E-state index in [-0.39, 0.29) is 6.54 Å². The van der Waals surface area contributed by atoms with E-state index in [4.69, 9.17) is 0 Å². The molecule has 0 spiro atoms. The summed E-state index contributed by atoms with van der Waals surface area (Å²) in [7, 11) is 0. The lowest BCUT2D eigenvalue weighted by atomic mass is 10.1. The van der Waals surface area contributed by atoms with Crippen LogP contribution < -0.4 is 5.32 Å². The lowest BCUT2D eigenvalue weighted by Crippen LogP contribution is -2.42. The third-order valence-electron chi connectivity index (χ3n) is 1.85. The predicted octanol–water partition coefficient (Wildman–Crippen LogP) is 0.938. The molecule has 0 saturated carbocycles. The van der Waals surface area contributed by atoms with Gasteiger partial charge in [-0.15, -0.1) is 5.10 Å². The van der Waals surface area contributed by atoms with Crippen LogP contribution >= 0.6 is 0 Å². The highest BCUT2D eigenvalue weighted by Gasteiger charge is 2.41. The fraction of sp³-hybridized carbons (Fsp3) is 0.600. The maximum Gasteiger partial charge on any atom is 0.456 e. The Kier molecular flexibility index (Phi) is 3.97. The number of carbonyl (C=O) groups excluding carboxylic acids is 2. The molecule has 106 valence electrons. The van der Waals surface area contributed by atoms with Gasteiger partial charge in [0.2, 0.25) is 5.91 Å². The molecular formula is C10H13F3N4O2. The van der Waals surface area contributed by atoms with Crippen molar-refractivity contribution in [2.45, 2.75) is 39.0 Å². The minimum atomic E-state index is -5.01. The van der Waals surface area contributed by atoms with E-state index in [1.807, 2.05) is 0 Å². The smallest absolute Gasteiger partial charge is 0.350 e. The maximum absolute atomic E-state index is 12.1. The maximum atomic E-state index is 12.1. The van der Waals surface area contributed by atoms with Crippen LogP contribution in [0.3, 0.4) is 0 Å². The van der Waals surface area contributed by atoms with E-state index in [1.165, 1.54) is 0 Å². The number of hydrogen-bond donors (Lipinski definition) is 1. The highest BCUT2D eigenvalue weighted by molar-refractivity contribution is 5.98. The number of nitrogens with one attached hydrogen (secondary N) is 1. The van der Waals surface area contributed by atoms with Crippen LogP contribution in [0.4, 0.5) is 13.2 Å². The van der Waals surface area contributed by atoms with Gasteiger partial charge >= 0.3 is 6.18 Å². The quantitative estimate of drug-likeness (QED) is 0.835. The van der Waals surface area contributed by atoms with Crippen molar-refractivity contribution < 1.29 is 22.8 Å². The first-order valence-corrected chi connectivity index (χ1v) is 5.32. The summed E-state index contributed by atoms with van der Waals surface area (Å²) in [5.74, 6) is -2.53. The van der Waals surface area contributed by atoms with E-state index < -0.39 is 29.1 Å². The molecule has 1 heterocycles. The number of ketones is 1. The van der Waals surface area contributed by atoms with Gasteiger partial charge in [-0.05, 0) is 20.8 Å². The molecule has 1 aromatic rings. The second-order valence-corrected chi connectivity index (χ2v) is 4.93. The van der Waals surface area contributed by atoms with E-state index in [1.54, 1.807) is 20.8 Å². The molecule has 1 rings (SSSR count). The molecule has 1 N–H and O–H groups in total. The van der Waals surface area contributed by atoms with Gasteiger partial charge in [0.1, 0.15) is 6.54 Å². The molecule has 1 amide bonds. The molecule has 6 nitrogen and oxygen atoms in total. The molecule has 0 radical (unpaired) electrons. The van der Waals surface area contributed by atoms with E-state index >= 15 is 0 Å². The first kappa shape index (κ1) is 15.1. The Morgan fingerprint density at radius 2 is 1.89 bits per heavy atom. The highest BCUT2D eigenvalue weighted by atomic mass is 19.4. The number of halogens is 3. The van der Waals surface area contributed by atoms with Gasteiger partial charge in [-0.3, -0.25) is 9.59 Å². The van der Waals surface area contributed by atoms with E-state index in [9.17, 15) is 22.8 Å². The average Bonchev–Trinajstić information content (AvgIpc) is 2.60. The largest absolute Gasteiger partial charge is 0.456 e. The Bertz CT molecular complexity index is 488. The molecule has 1 aromatic heterocycles. The minimum absolute atomic E-state index is 0.310.